The lowest BCUT2D eigenvalue weighted by atomic mass is 10.1. The van der Waals surface area contributed by atoms with Gasteiger partial charge in [-0.1, -0.05) is 0 Å². The molecule has 0 spiro atoms. The Bertz CT molecular complexity index is 772. The van der Waals surface area contributed by atoms with Gasteiger partial charge in [0.25, 0.3) is 0 Å². The Morgan fingerprint density at radius 1 is 1.00 bits per heavy atom. The zero-order valence-corrected chi connectivity index (χ0v) is 11.2. The van der Waals surface area contributed by atoms with Gasteiger partial charge in [0.05, 0.1) is 23.3 Å². The molecule has 3 rings (SSSR count). The van der Waals surface area contributed by atoms with E-state index in [1.54, 1.807) is 0 Å². The van der Waals surface area contributed by atoms with E-state index in [9.17, 15) is 0 Å². The molecule has 0 fully saturated rings. The Balaban J connectivity index is 0.00000147. The number of pyridine rings is 1. The summed E-state index contributed by atoms with van der Waals surface area (Å²) in [6.07, 6.45) is 0. The summed E-state index contributed by atoms with van der Waals surface area (Å²) in [6, 6.07) is 11.3. The van der Waals surface area contributed by atoms with Crippen molar-refractivity contribution < 1.29 is 10.2 Å². The fourth-order valence-corrected chi connectivity index (χ4v) is 2.23. The van der Waals surface area contributed by atoms with E-state index in [2.05, 4.69) is 4.98 Å². The molecule has 0 amide bonds. The maximum Gasteiger partial charge on any atom is 0.120 e. The molecule has 104 valence electrons. The summed E-state index contributed by atoms with van der Waals surface area (Å²) in [4.78, 5) is 4.59. The Labute approximate surface area is 116 Å². The Kier molecular flexibility index (Phi) is 3.63. The van der Waals surface area contributed by atoms with Crippen LogP contribution >= 0.6 is 0 Å². The van der Waals surface area contributed by atoms with Crippen molar-refractivity contribution in [2.75, 3.05) is 18.1 Å². The maximum atomic E-state index is 6.23. The van der Waals surface area contributed by atoms with Gasteiger partial charge in [-0.25, -0.2) is 4.98 Å². The van der Waals surface area contributed by atoms with E-state index in [-0.39, 0.29) is 5.48 Å². The minimum atomic E-state index is 0. The van der Waals surface area contributed by atoms with E-state index in [0.717, 1.165) is 27.6 Å². The second-order valence-corrected chi connectivity index (χ2v) is 4.41. The maximum absolute atomic E-state index is 6.23. The summed E-state index contributed by atoms with van der Waals surface area (Å²) in [7, 11) is 0. The summed E-state index contributed by atoms with van der Waals surface area (Å²) in [6.45, 7) is 2.58. The molecule has 0 radical (unpaired) electrons. The molecular weight excluding hydrogens is 254 g/mol. The van der Waals surface area contributed by atoms with Gasteiger partial charge in [-0.2, -0.15) is 0 Å². The Morgan fingerprint density at radius 2 is 1.80 bits per heavy atom. The first-order valence-electron chi connectivity index (χ1n) is 6.20. The molecule has 0 bridgehead atoms. The highest BCUT2D eigenvalue weighted by Crippen LogP contribution is 2.31. The molecule has 0 saturated carbocycles. The predicted octanol–water partition coefficient (Wildman–Crippen LogP) is 2.13. The standard InChI is InChI=1S/C15H15N3O.H2O/c1-2-19-10-4-6-13-12(8-10)15(17)11-5-3-9(16)7-14(11)18-13;/h3-8H,2,16H2,1H3,(H2,17,18);1H2. The van der Waals surface area contributed by atoms with Gasteiger partial charge < -0.3 is 21.7 Å². The van der Waals surface area contributed by atoms with Crippen molar-refractivity contribution in [1.29, 1.82) is 0 Å². The Hall–Kier alpha value is -2.53. The number of rotatable bonds is 2. The van der Waals surface area contributed by atoms with Crippen LogP contribution in [-0.2, 0) is 0 Å². The van der Waals surface area contributed by atoms with E-state index in [0.29, 0.717) is 18.0 Å². The van der Waals surface area contributed by atoms with Gasteiger partial charge in [-0.3, -0.25) is 0 Å². The van der Waals surface area contributed by atoms with Crippen LogP contribution in [0, 0.1) is 0 Å². The number of fused-ring (bicyclic) bond motifs is 2. The first-order chi connectivity index (χ1) is 9.19. The van der Waals surface area contributed by atoms with Crippen molar-refractivity contribution in [3.63, 3.8) is 0 Å². The molecule has 3 aromatic rings. The molecule has 20 heavy (non-hydrogen) atoms. The van der Waals surface area contributed by atoms with Crippen molar-refractivity contribution in [1.82, 2.24) is 4.98 Å². The van der Waals surface area contributed by atoms with Crippen LogP contribution in [0.4, 0.5) is 11.4 Å². The molecule has 5 heteroatoms. The monoisotopic (exact) mass is 271 g/mol. The number of aromatic nitrogens is 1. The van der Waals surface area contributed by atoms with E-state index in [1.807, 2.05) is 43.3 Å². The SMILES string of the molecule is CCOc1ccc2nc3cc(N)ccc3c(N)c2c1.O. The van der Waals surface area contributed by atoms with Crippen LogP contribution in [0.1, 0.15) is 6.92 Å². The lowest BCUT2D eigenvalue weighted by Gasteiger charge is -2.09. The Morgan fingerprint density at radius 3 is 2.55 bits per heavy atom. The highest BCUT2D eigenvalue weighted by molar-refractivity contribution is 6.07. The van der Waals surface area contributed by atoms with Crippen molar-refractivity contribution in [3.05, 3.63) is 36.4 Å². The molecule has 0 aliphatic rings. The number of hydrogen-bond acceptors (Lipinski definition) is 4. The summed E-state index contributed by atoms with van der Waals surface area (Å²) in [5.74, 6) is 0.804. The molecule has 0 saturated heterocycles. The van der Waals surface area contributed by atoms with E-state index < -0.39 is 0 Å². The van der Waals surface area contributed by atoms with Crippen LogP contribution < -0.4 is 16.2 Å². The van der Waals surface area contributed by atoms with Gasteiger partial charge in [0.15, 0.2) is 0 Å². The quantitative estimate of drug-likeness (QED) is 0.550. The molecule has 2 aromatic carbocycles. The lowest BCUT2D eigenvalue weighted by Crippen LogP contribution is -1.96. The average Bonchev–Trinajstić information content (AvgIpc) is 2.40. The number of hydrogen-bond donors (Lipinski definition) is 2. The smallest absolute Gasteiger partial charge is 0.120 e. The highest BCUT2D eigenvalue weighted by Gasteiger charge is 2.07. The second kappa shape index (κ2) is 5.22. The molecular formula is C15H17N3O2. The first kappa shape index (κ1) is 13.9. The third-order valence-electron chi connectivity index (χ3n) is 3.12. The number of nitrogens with zero attached hydrogens (tertiary/aromatic N) is 1. The van der Waals surface area contributed by atoms with Gasteiger partial charge in [0.2, 0.25) is 0 Å². The van der Waals surface area contributed by atoms with Crippen molar-refractivity contribution in [2.24, 2.45) is 0 Å². The lowest BCUT2D eigenvalue weighted by molar-refractivity contribution is 0.341. The second-order valence-electron chi connectivity index (χ2n) is 4.41. The topological polar surface area (TPSA) is 106 Å². The van der Waals surface area contributed by atoms with Crippen molar-refractivity contribution in [2.45, 2.75) is 6.92 Å². The van der Waals surface area contributed by atoms with E-state index in [4.69, 9.17) is 16.2 Å². The van der Waals surface area contributed by atoms with Crippen LogP contribution in [0.2, 0.25) is 0 Å². The van der Waals surface area contributed by atoms with Gasteiger partial charge in [0, 0.05) is 16.5 Å². The van der Waals surface area contributed by atoms with Crippen LogP contribution in [0.3, 0.4) is 0 Å². The number of nitrogens with two attached hydrogens (primary N) is 2. The molecule has 0 aliphatic heterocycles. The fraction of sp³-hybridized carbons (Fsp3) is 0.133. The van der Waals surface area contributed by atoms with Crippen molar-refractivity contribution in [3.8, 4) is 5.75 Å². The van der Waals surface area contributed by atoms with Crippen LogP contribution in [-0.4, -0.2) is 17.1 Å². The molecule has 0 atom stereocenters. The fourth-order valence-electron chi connectivity index (χ4n) is 2.23. The van der Waals surface area contributed by atoms with Gasteiger partial charge in [-0.15, -0.1) is 0 Å². The van der Waals surface area contributed by atoms with Gasteiger partial charge in [-0.05, 0) is 43.3 Å². The van der Waals surface area contributed by atoms with E-state index >= 15 is 0 Å². The van der Waals surface area contributed by atoms with Crippen LogP contribution in [0.25, 0.3) is 21.8 Å². The molecule has 1 heterocycles. The number of ether oxygens (including phenoxy) is 1. The minimum absolute atomic E-state index is 0. The summed E-state index contributed by atoms with van der Waals surface area (Å²) >= 11 is 0. The van der Waals surface area contributed by atoms with Crippen LogP contribution in [0.15, 0.2) is 36.4 Å². The van der Waals surface area contributed by atoms with Crippen molar-refractivity contribution >= 4 is 33.2 Å². The first-order valence-corrected chi connectivity index (χ1v) is 6.20. The van der Waals surface area contributed by atoms with E-state index in [1.165, 1.54) is 0 Å². The largest absolute Gasteiger partial charge is 0.494 e. The summed E-state index contributed by atoms with van der Waals surface area (Å²) < 4.78 is 5.50. The zero-order valence-electron chi connectivity index (χ0n) is 11.2. The molecule has 5 nitrogen and oxygen atoms in total. The number of nitrogen functional groups attached to an aromatic ring is 2. The molecule has 0 aliphatic carbocycles. The molecule has 0 unspecified atom stereocenters. The third-order valence-corrected chi connectivity index (χ3v) is 3.12. The van der Waals surface area contributed by atoms with Gasteiger partial charge >= 0.3 is 0 Å². The highest BCUT2D eigenvalue weighted by atomic mass is 16.5. The average molecular weight is 271 g/mol. The third kappa shape index (κ3) is 2.19. The zero-order chi connectivity index (χ0) is 13.4. The number of benzene rings is 2. The molecule has 6 N–H and O–H groups in total. The van der Waals surface area contributed by atoms with Gasteiger partial charge in [0.1, 0.15) is 5.75 Å². The predicted molar refractivity (Wildman–Crippen MR) is 82.9 cm³/mol. The number of anilines is 2. The summed E-state index contributed by atoms with van der Waals surface area (Å²) in [5, 5.41) is 1.82. The normalized spacial score (nSPS) is 10.4. The molecule has 1 aromatic heterocycles. The summed E-state index contributed by atoms with van der Waals surface area (Å²) in [5.41, 5.74) is 15.1. The van der Waals surface area contributed by atoms with Crippen LogP contribution in [0.5, 0.6) is 5.75 Å². The minimum Gasteiger partial charge on any atom is -0.494 e.